The second-order valence-electron chi connectivity index (χ2n) is 6.84. The van der Waals surface area contributed by atoms with Crippen molar-refractivity contribution in [1.82, 2.24) is 4.90 Å². The number of nitro benzene ring substituents is 1. The largest absolute Gasteiger partial charge is 0.482 e. The van der Waals surface area contributed by atoms with Gasteiger partial charge in [0, 0.05) is 25.6 Å². The van der Waals surface area contributed by atoms with Crippen LogP contribution in [-0.4, -0.2) is 29.5 Å². The minimum absolute atomic E-state index is 0.00808. The molecule has 0 aliphatic rings. The van der Waals surface area contributed by atoms with Crippen molar-refractivity contribution in [3.63, 3.8) is 0 Å². The number of nitro groups is 1. The maximum Gasteiger partial charge on any atom is 0.310 e. The van der Waals surface area contributed by atoms with Gasteiger partial charge in [-0.05, 0) is 24.2 Å². The van der Waals surface area contributed by atoms with E-state index in [0.29, 0.717) is 18.7 Å². The molecule has 28 heavy (non-hydrogen) atoms. The first-order valence-electron chi connectivity index (χ1n) is 9.28. The van der Waals surface area contributed by atoms with Crippen molar-refractivity contribution in [2.45, 2.75) is 19.1 Å². The van der Waals surface area contributed by atoms with Crippen molar-refractivity contribution in [3.05, 3.63) is 106 Å². The fourth-order valence-corrected chi connectivity index (χ4v) is 3.21. The number of hydrogen-bond acceptors (Lipinski definition) is 4. The average molecular weight is 376 g/mol. The topological polar surface area (TPSA) is 55.6 Å². The van der Waals surface area contributed by atoms with Crippen LogP contribution >= 0.6 is 0 Å². The van der Waals surface area contributed by atoms with E-state index >= 15 is 0 Å². The standard InChI is InChI=1S/C23H24N2O3/c1-24(17-20-12-6-3-7-13-20)18-21(16-19-10-4-2-5-11-19)28-23-15-9-8-14-22(23)25(26)27/h2-15,21H,16-18H2,1H3. The highest BCUT2D eigenvalue weighted by Crippen LogP contribution is 2.27. The molecular formula is C23H24N2O3. The van der Waals surface area contributed by atoms with Crippen LogP contribution in [0.1, 0.15) is 11.1 Å². The Balaban J connectivity index is 1.76. The summed E-state index contributed by atoms with van der Waals surface area (Å²) in [6.45, 7) is 1.43. The van der Waals surface area contributed by atoms with Crippen molar-refractivity contribution >= 4 is 5.69 Å². The van der Waals surface area contributed by atoms with Crippen LogP contribution in [-0.2, 0) is 13.0 Å². The summed E-state index contributed by atoms with van der Waals surface area (Å²) >= 11 is 0. The minimum Gasteiger partial charge on any atom is -0.482 e. The van der Waals surface area contributed by atoms with Crippen LogP contribution < -0.4 is 4.74 Å². The predicted octanol–water partition coefficient (Wildman–Crippen LogP) is 4.72. The van der Waals surface area contributed by atoms with Gasteiger partial charge in [0.25, 0.3) is 0 Å². The molecule has 0 heterocycles. The molecule has 0 aliphatic heterocycles. The summed E-state index contributed by atoms with van der Waals surface area (Å²) in [6.07, 6.45) is 0.462. The van der Waals surface area contributed by atoms with Crippen LogP contribution in [0.25, 0.3) is 0 Å². The van der Waals surface area contributed by atoms with E-state index in [1.54, 1.807) is 18.2 Å². The Morgan fingerprint density at radius 2 is 1.46 bits per heavy atom. The number of benzene rings is 3. The number of rotatable bonds is 9. The summed E-state index contributed by atoms with van der Waals surface area (Å²) in [5, 5.41) is 11.3. The summed E-state index contributed by atoms with van der Waals surface area (Å²) in [5.74, 6) is 0.307. The third-order valence-corrected chi connectivity index (χ3v) is 4.47. The molecule has 5 nitrogen and oxygen atoms in total. The molecule has 1 unspecified atom stereocenters. The molecule has 0 aromatic heterocycles. The van der Waals surface area contributed by atoms with Gasteiger partial charge in [-0.2, -0.15) is 0 Å². The van der Waals surface area contributed by atoms with E-state index in [-0.39, 0.29) is 11.8 Å². The van der Waals surface area contributed by atoms with Crippen LogP contribution in [0.2, 0.25) is 0 Å². The maximum absolute atomic E-state index is 11.3. The summed E-state index contributed by atoms with van der Waals surface area (Å²) in [7, 11) is 2.04. The average Bonchev–Trinajstić information content (AvgIpc) is 2.69. The first-order valence-corrected chi connectivity index (χ1v) is 9.28. The monoisotopic (exact) mass is 376 g/mol. The molecule has 3 rings (SSSR count). The molecule has 0 saturated carbocycles. The lowest BCUT2D eigenvalue weighted by molar-refractivity contribution is -0.386. The van der Waals surface area contributed by atoms with Crippen LogP contribution in [0.4, 0.5) is 5.69 Å². The number of ether oxygens (including phenoxy) is 1. The molecule has 0 bridgehead atoms. The fourth-order valence-electron chi connectivity index (χ4n) is 3.21. The molecule has 144 valence electrons. The lowest BCUT2D eigenvalue weighted by Crippen LogP contribution is -2.34. The first-order chi connectivity index (χ1) is 13.6. The SMILES string of the molecule is CN(Cc1ccccc1)CC(Cc1ccccc1)Oc1ccccc1[N+](=O)[O-]. The molecule has 0 aliphatic carbocycles. The van der Waals surface area contributed by atoms with Gasteiger partial charge < -0.3 is 4.74 Å². The Bertz CT molecular complexity index is 885. The van der Waals surface area contributed by atoms with E-state index in [4.69, 9.17) is 4.74 Å². The molecule has 0 amide bonds. The number of para-hydroxylation sites is 2. The van der Waals surface area contributed by atoms with E-state index < -0.39 is 4.92 Å². The number of likely N-dealkylation sites (N-methyl/N-ethyl adjacent to an activating group) is 1. The molecule has 3 aromatic rings. The Morgan fingerprint density at radius 3 is 2.11 bits per heavy atom. The van der Waals surface area contributed by atoms with Crippen molar-refractivity contribution in [1.29, 1.82) is 0 Å². The lowest BCUT2D eigenvalue weighted by atomic mass is 10.1. The highest BCUT2D eigenvalue weighted by Gasteiger charge is 2.20. The van der Waals surface area contributed by atoms with E-state index in [2.05, 4.69) is 17.0 Å². The Morgan fingerprint density at radius 1 is 0.893 bits per heavy atom. The molecule has 5 heteroatoms. The van der Waals surface area contributed by atoms with E-state index in [1.807, 2.05) is 55.6 Å². The Labute approximate surface area is 165 Å². The Hall–Kier alpha value is -3.18. The fraction of sp³-hybridized carbons (Fsp3) is 0.217. The van der Waals surface area contributed by atoms with Crippen LogP contribution in [0.15, 0.2) is 84.9 Å². The molecule has 0 spiro atoms. The third-order valence-electron chi connectivity index (χ3n) is 4.47. The van der Waals surface area contributed by atoms with Gasteiger partial charge in [0.1, 0.15) is 6.10 Å². The maximum atomic E-state index is 11.3. The van der Waals surface area contributed by atoms with E-state index in [9.17, 15) is 10.1 Å². The molecule has 0 radical (unpaired) electrons. The van der Waals surface area contributed by atoms with Gasteiger partial charge in [-0.25, -0.2) is 0 Å². The van der Waals surface area contributed by atoms with Gasteiger partial charge in [-0.3, -0.25) is 15.0 Å². The number of hydrogen-bond donors (Lipinski definition) is 0. The molecule has 1 atom stereocenters. The second kappa shape index (κ2) is 9.67. The summed E-state index contributed by atoms with van der Waals surface area (Å²) in [4.78, 5) is 13.1. The molecule has 0 fully saturated rings. The third kappa shape index (κ3) is 5.66. The van der Waals surface area contributed by atoms with E-state index in [1.165, 1.54) is 11.6 Å². The van der Waals surface area contributed by atoms with E-state index in [0.717, 1.165) is 12.1 Å². The van der Waals surface area contributed by atoms with Crippen LogP contribution in [0.5, 0.6) is 5.75 Å². The Kier molecular flexibility index (Phi) is 6.76. The smallest absolute Gasteiger partial charge is 0.310 e. The summed E-state index contributed by atoms with van der Waals surface area (Å²) in [6, 6.07) is 26.8. The lowest BCUT2D eigenvalue weighted by Gasteiger charge is -2.25. The molecule has 0 saturated heterocycles. The minimum atomic E-state index is -0.400. The van der Waals surface area contributed by atoms with Crippen molar-refractivity contribution in [3.8, 4) is 5.75 Å². The van der Waals surface area contributed by atoms with Crippen LogP contribution in [0.3, 0.4) is 0 Å². The van der Waals surface area contributed by atoms with Gasteiger partial charge in [0.2, 0.25) is 0 Å². The number of nitrogens with zero attached hydrogens (tertiary/aromatic N) is 2. The normalized spacial score (nSPS) is 11.9. The van der Waals surface area contributed by atoms with Gasteiger partial charge in [-0.15, -0.1) is 0 Å². The zero-order valence-electron chi connectivity index (χ0n) is 15.9. The predicted molar refractivity (Wildman–Crippen MR) is 110 cm³/mol. The molecule has 3 aromatic carbocycles. The summed E-state index contributed by atoms with van der Waals surface area (Å²) < 4.78 is 6.14. The quantitative estimate of drug-likeness (QED) is 0.401. The van der Waals surface area contributed by atoms with Crippen molar-refractivity contribution < 1.29 is 9.66 Å². The highest BCUT2D eigenvalue weighted by atomic mass is 16.6. The zero-order valence-corrected chi connectivity index (χ0v) is 15.9. The van der Waals surface area contributed by atoms with Gasteiger partial charge >= 0.3 is 5.69 Å². The van der Waals surface area contributed by atoms with Crippen molar-refractivity contribution in [2.75, 3.05) is 13.6 Å². The zero-order chi connectivity index (χ0) is 19.8. The van der Waals surface area contributed by atoms with Gasteiger partial charge in [0.05, 0.1) is 4.92 Å². The summed E-state index contributed by atoms with van der Waals surface area (Å²) in [5.41, 5.74) is 2.35. The molecule has 0 N–H and O–H groups in total. The highest BCUT2D eigenvalue weighted by molar-refractivity contribution is 5.45. The van der Waals surface area contributed by atoms with Gasteiger partial charge in [-0.1, -0.05) is 72.8 Å². The second-order valence-corrected chi connectivity index (χ2v) is 6.84. The van der Waals surface area contributed by atoms with Crippen LogP contribution in [0, 0.1) is 10.1 Å². The molecular weight excluding hydrogens is 352 g/mol. The first kappa shape index (κ1) is 19.6. The van der Waals surface area contributed by atoms with Gasteiger partial charge in [0.15, 0.2) is 5.75 Å². The van der Waals surface area contributed by atoms with Crippen molar-refractivity contribution in [2.24, 2.45) is 0 Å².